The van der Waals surface area contributed by atoms with Crippen molar-refractivity contribution in [1.82, 2.24) is 4.98 Å². The van der Waals surface area contributed by atoms with E-state index in [0.717, 1.165) is 50.3 Å². The fourth-order valence-corrected chi connectivity index (χ4v) is 5.00. The number of nitrogens with one attached hydrogen (secondary N) is 1. The van der Waals surface area contributed by atoms with Gasteiger partial charge in [-0.25, -0.2) is 0 Å². The van der Waals surface area contributed by atoms with Crippen LogP contribution in [0.5, 0.6) is 0 Å². The number of aromatic nitrogens is 1. The molecule has 164 valence electrons. The van der Waals surface area contributed by atoms with E-state index in [1.54, 1.807) is 0 Å². The number of nitrogens with zero attached hydrogens (tertiary/aromatic N) is 1. The van der Waals surface area contributed by atoms with Gasteiger partial charge in [-0.2, -0.15) is 0 Å². The molecular formula is C27H29N3OS. The number of aryl methyl sites for hydroxylation is 2. The molecule has 2 aromatic heterocycles. The Morgan fingerprint density at radius 1 is 1.09 bits per heavy atom. The van der Waals surface area contributed by atoms with Gasteiger partial charge in [0.05, 0.1) is 16.3 Å². The maximum Gasteiger partial charge on any atom is 0.265 e. The van der Waals surface area contributed by atoms with E-state index >= 15 is 0 Å². The van der Waals surface area contributed by atoms with Gasteiger partial charge in [0.25, 0.3) is 5.91 Å². The zero-order valence-corrected chi connectivity index (χ0v) is 19.8. The van der Waals surface area contributed by atoms with Crippen molar-refractivity contribution in [1.29, 1.82) is 0 Å². The number of carbonyl (C=O) groups excluding carboxylic acids is 1. The molecule has 1 amide bonds. The Kier molecular flexibility index (Phi) is 6.40. The van der Waals surface area contributed by atoms with Crippen LogP contribution < -0.4 is 11.1 Å². The summed E-state index contributed by atoms with van der Waals surface area (Å²) in [6.07, 6.45) is 0.844. The molecule has 32 heavy (non-hydrogen) atoms. The SMILES string of the molecule is Cc1ccc(-c2c(CN)c(CC(C)C)nc(C)c2NC(=O)c2cc3ccccc3s2)cc1. The molecule has 0 radical (unpaired) electrons. The van der Waals surface area contributed by atoms with E-state index in [1.807, 2.05) is 37.3 Å². The van der Waals surface area contributed by atoms with Crippen LogP contribution >= 0.6 is 11.3 Å². The average molecular weight is 444 g/mol. The molecule has 2 heterocycles. The molecule has 0 aliphatic carbocycles. The maximum atomic E-state index is 13.3. The first-order chi connectivity index (χ1) is 15.4. The minimum absolute atomic E-state index is 0.121. The number of anilines is 1. The first-order valence-electron chi connectivity index (χ1n) is 11.0. The van der Waals surface area contributed by atoms with E-state index in [-0.39, 0.29) is 5.91 Å². The third kappa shape index (κ3) is 4.45. The van der Waals surface area contributed by atoms with Crippen LogP contribution in [0.1, 0.15) is 46.0 Å². The van der Waals surface area contributed by atoms with Crippen molar-refractivity contribution in [2.45, 2.75) is 40.7 Å². The van der Waals surface area contributed by atoms with E-state index in [4.69, 9.17) is 10.7 Å². The summed E-state index contributed by atoms with van der Waals surface area (Å²) in [7, 11) is 0. The van der Waals surface area contributed by atoms with Gasteiger partial charge in [-0.1, -0.05) is 61.9 Å². The van der Waals surface area contributed by atoms with Gasteiger partial charge in [0.2, 0.25) is 0 Å². The van der Waals surface area contributed by atoms with Gasteiger partial charge in [-0.05, 0) is 54.8 Å². The Balaban J connectivity index is 1.84. The molecule has 2 aromatic carbocycles. The molecule has 0 saturated carbocycles. The average Bonchev–Trinajstić information content (AvgIpc) is 3.20. The van der Waals surface area contributed by atoms with Crippen LogP contribution in [0, 0.1) is 19.8 Å². The molecule has 0 spiro atoms. The Morgan fingerprint density at radius 3 is 2.47 bits per heavy atom. The number of benzene rings is 2. The van der Waals surface area contributed by atoms with E-state index in [1.165, 1.54) is 16.9 Å². The zero-order chi connectivity index (χ0) is 22.8. The lowest BCUT2D eigenvalue weighted by atomic mass is 9.92. The molecule has 0 bridgehead atoms. The molecule has 4 aromatic rings. The van der Waals surface area contributed by atoms with Crippen molar-refractivity contribution >= 4 is 33.0 Å². The predicted molar refractivity (Wildman–Crippen MR) is 135 cm³/mol. The Hall–Kier alpha value is -3.02. The molecular weight excluding hydrogens is 414 g/mol. The Labute approximate surface area is 193 Å². The number of fused-ring (bicyclic) bond motifs is 1. The van der Waals surface area contributed by atoms with Crippen LogP contribution in [0.25, 0.3) is 21.2 Å². The highest BCUT2D eigenvalue weighted by Gasteiger charge is 2.22. The first-order valence-corrected chi connectivity index (χ1v) is 11.8. The van der Waals surface area contributed by atoms with Gasteiger partial charge in [-0.3, -0.25) is 9.78 Å². The normalized spacial score (nSPS) is 11.3. The fourth-order valence-electron chi connectivity index (χ4n) is 4.04. The lowest BCUT2D eigenvalue weighted by Gasteiger charge is -2.21. The summed E-state index contributed by atoms with van der Waals surface area (Å²) in [5, 5.41) is 4.25. The lowest BCUT2D eigenvalue weighted by Crippen LogP contribution is -2.17. The monoisotopic (exact) mass is 443 g/mol. The summed E-state index contributed by atoms with van der Waals surface area (Å²) >= 11 is 1.50. The molecule has 0 atom stereocenters. The molecule has 0 aliphatic rings. The van der Waals surface area contributed by atoms with Gasteiger partial charge < -0.3 is 11.1 Å². The molecule has 0 unspecified atom stereocenters. The largest absolute Gasteiger partial charge is 0.326 e. The van der Waals surface area contributed by atoms with Crippen LogP contribution in [0.4, 0.5) is 5.69 Å². The summed E-state index contributed by atoms with van der Waals surface area (Å²) < 4.78 is 1.10. The smallest absolute Gasteiger partial charge is 0.265 e. The minimum atomic E-state index is -0.121. The summed E-state index contributed by atoms with van der Waals surface area (Å²) in [5.74, 6) is 0.334. The highest BCUT2D eigenvalue weighted by atomic mass is 32.1. The maximum absolute atomic E-state index is 13.3. The fraction of sp³-hybridized carbons (Fsp3) is 0.259. The number of pyridine rings is 1. The Morgan fingerprint density at radius 2 is 1.81 bits per heavy atom. The van der Waals surface area contributed by atoms with Gasteiger partial charge in [0.15, 0.2) is 0 Å². The quantitative estimate of drug-likeness (QED) is 0.358. The van der Waals surface area contributed by atoms with Crippen molar-refractivity contribution in [2.24, 2.45) is 11.7 Å². The van der Waals surface area contributed by atoms with Crippen molar-refractivity contribution < 1.29 is 4.79 Å². The number of hydrogen-bond donors (Lipinski definition) is 2. The number of thiophene rings is 1. The summed E-state index contributed by atoms with van der Waals surface area (Å²) in [6, 6.07) is 18.4. The molecule has 4 rings (SSSR count). The molecule has 0 saturated heterocycles. The molecule has 3 N–H and O–H groups in total. The van der Waals surface area contributed by atoms with Crippen molar-refractivity contribution in [3.63, 3.8) is 0 Å². The number of amides is 1. The third-order valence-corrected chi connectivity index (χ3v) is 6.71. The van der Waals surface area contributed by atoms with E-state index < -0.39 is 0 Å². The van der Waals surface area contributed by atoms with E-state index in [9.17, 15) is 4.79 Å². The summed E-state index contributed by atoms with van der Waals surface area (Å²) in [4.78, 5) is 18.8. The van der Waals surface area contributed by atoms with Crippen molar-refractivity contribution in [2.75, 3.05) is 5.32 Å². The highest BCUT2D eigenvalue weighted by Crippen LogP contribution is 2.37. The number of carbonyl (C=O) groups is 1. The predicted octanol–water partition coefficient (Wildman–Crippen LogP) is 6.49. The van der Waals surface area contributed by atoms with Crippen molar-refractivity contribution in [3.05, 3.63) is 82.0 Å². The van der Waals surface area contributed by atoms with Crippen LogP contribution in [-0.4, -0.2) is 10.9 Å². The summed E-state index contributed by atoms with van der Waals surface area (Å²) in [6.45, 7) is 8.76. The number of hydrogen-bond acceptors (Lipinski definition) is 4. The third-order valence-electron chi connectivity index (χ3n) is 5.60. The topological polar surface area (TPSA) is 68.0 Å². The minimum Gasteiger partial charge on any atom is -0.326 e. The van der Waals surface area contributed by atoms with Crippen LogP contribution in [0.2, 0.25) is 0 Å². The number of rotatable bonds is 6. The van der Waals surface area contributed by atoms with Crippen molar-refractivity contribution in [3.8, 4) is 11.1 Å². The molecule has 0 aliphatic heterocycles. The zero-order valence-electron chi connectivity index (χ0n) is 19.0. The standard InChI is InChI=1S/C27H29N3OS/c1-16(2)13-22-21(15-28)25(19-11-9-17(3)10-12-19)26(18(4)29-22)30-27(31)24-14-20-7-5-6-8-23(20)32-24/h5-12,14,16H,13,15,28H2,1-4H3,(H,30,31). The second-order valence-corrected chi connectivity index (χ2v) is 9.73. The van der Waals surface area contributed by atoms with E-state index in [0.29, 0.717) is 17.3 Å². The second-order valence-electron chi connectivity index (χ2n) is 8.64. The highest BCUT2D eigenvalue weighted by molar-refractivity contribution is 7.20. The Bertz CT molecular complexity index is 1240. The lowest BCUT2D eigenvalue weighted by molar-refractivity contribution is 0.103. The van der Waals surface area contributed by atoms with Crippen LogP contribution in [0.15, 0.2) is 54.6 Å². The summed E-state index contributed by atoms with van der Waals surface area (Å²) in [5.41, 5.74) is 13.0. The molecule has 0 fully saturated rings. The van der Waals surface area contributed by atoms with Crippen LogP contribution in [-0.2, 0) is 13.0 Å². The van der Waals surface area contributed by atoms with Gasteiger partial charge >= 0.3 is 0 Å². The number of nitrogens with two attached hydrogens (primary N) is 1. The van der Waals surface area contributed by atoms with Gasteiger partial charge in [0.1, 0.15) is 0 Å². The molecule has 4 nitrogen and oxygen atoms in total. The second kappa shape index (κ2) is 9.23. The van der Waals surface area contributed by atoms with Gasteiger partial charge in [0, 0.05) is 22.5 Å². The molecule has 5 heteroatoms. The van der Waals surface area contributed by atoms with Crippen LogP contribution in [0.3, 0.4) is 0 Å². The first kappa shape index (κ1) is 22.2. The van der Waals surface area contributed by atoms with Gasteiger partial charge in [-0.15, -0.1) is 11.3 Å². The van der Waals surface area contributed by atoms with E-state index in [2.05, 4.69) is 50.4 Å².